The number of carbonyl (C=O) groups is 2. The molecule has 2 amide bonds. The fraction of sp³-hybridized carbons (Fsp3) is 0.294. The summed E-state index contributed by atoms with van der Waals surface area (Å²) in [5.74, 6) is 2.32. The number of rotatable bonds is 10. The minimum Gasteiger partial charge on any atom is -0.367 e. The van der Waals surface area contributed by atoms with Gasteiger partial charge >= 0.3 is 0 Å². The first-order chi connectivity index (χ1) is 23.6. The first-order valence-corrected chi connectivity index (χ1v) is 16.1. The molecule has 0 unspecified atom stereocenters. The molecule has 5 N–H and O–H groups in total. The Morgan fingerprint density at radius 1 is 0.735 bits per heavy atom. The highest BCUT2D eigenvalue weighted by Gasteiger charge is 2.39. The highest BCUT2D eigenvalue weighted by atomic mass is 16.2. The van der Waals surface area contributed by atoms with Crippen LogP contribution in [-0.4, -0.2) is 64.1 Å². The molecule has 0 saturated carbocycles. The Morgan fingerprint density at radius 2 is 1.33 bits per heavy atom. The Balaban J connectivity index is 0.882. The first-order valence-electron chi connectivity index (χ1n) is 16.1. The van der Waals surface area contributed by atoms with Crippen LogP contribution < -0.4 is 26.6 Å². The highest BCUT2D eigenvalue weighted by Crippen LogP contribution is 2.39. The van der Waals surface area contributed by atoms with Crippen LogP contribution in [0.15, 0.2) is 61.2 Å². The fourth-order valence-electron chi connectivity index (χ4n) is 6.29. The Morgan fingerprint density at radius 3 is 2.00 bits per heavy atom. The van der Waals surface area contributed by atoms with Crippen molar-refractivity contribution in [2.75, 3.05) is 39.7 Å². The average Bonchev–Trinajstić information content (AvgIpc) is 3.78. The van der Waals surface area contributed by atoms with E-state index in [4.69, 9.17) is 4.98 Å². The Bertz CT molecular complexity index is 2130. The zero-order chi connectivity index (χ0) is 33.9. The van der Waals surface area contributed by atoms with E-state index in [1.807, 2.05) is 64.1 Å². The maximum absolute atomic E-state index is 12.4. The zero-order valence-corrected chi connectivity index (χ0v) is 27.5. The second kappa shape index (κ2) is 11.2. The van der Waals surface area contributed by atoms with Crippen LogP contribution in [0.2, 0.25) is 0 Å². The summed E-state index contributed by atoms with van der Waals surface area (Å²) in [5.41, 5.74) is 5.51. The molecule has 6 aromatic rings. The Kier molecular flexibility index (Phi) is 6.94. The Hall–Kier alpha value is -6.12. The summed E-state index contributed by atoms with van der Waals surface area (Å²) < 4.78 is 3.39. The molecule has 49 heavy (non-hydrogen) atoms. The number of fused-ring (bicyclic) bond motifs is 4. The minimum atomic E-state index is -0.565. The topological polar surface area (TPSA) is 180 Å². The fourth-order valence-corrected chi connectivity index (χ4v) is 6.29. The molecule has 15 nitrogen and oxygen atoms in total. The molecular weight excluding hydrogens is 622 g/mol. The van der Waals surface area contributed by atoms with E-state index in [0.29, 0.717) is 54.2 Å². The lowest BCUT2D eigenvalue weighted by molar-refractivity contribution is -0.120. The van der Waals surface area contributed by atoms with Gasteiger partial charge < -0.3 is 26.6 Å². The quantitative estimate of drug-likeness (QED) is 0.133. The van der Waals surface area contributed by atoms with Gasteiger partial charge in [-0.3, -0.25) is 9.59 Å². The van der Waals surface area contributed by atoms with Gasteiger partial charge in [0.15, 0.2) is 28.8 Å². The van der Waals surface area contributed by atoms with Crippen molar-refractivity contribution in [1.82, 2.24) is 39.2 Å². The zero-order valence-electron chi connectivity index (χ0n) is 27.5. The number of aromatic nitrogens is 8. The smallest absolute Gasteiger partial charge is 0.247 e. The predicted octanol–water partition coefficient (Wildman–Crippen LogP) is 4.27. The molecule has 0 aliphatic carbocycles. The van der Waals surface area contributed by atoms with Crippen LogP contribution in [-0.2, 0) is 26.8 Å². The van der Waals surface area contributed by atoms with Crippen LogP contribution in [0.1, 0.15) is 56.6 Å². The van der Waals surface area contributed by atoms with Crippen LogP contribution in [0.4, 0.5) is 34.6 Å². The van der Waals surface area contributed by atoms with Crippen molar-refractivity contribution in [3.8, 4) is 0 Å². The highest BCUT2D eigenvalue weighted by molar-refractivity contribution is 6.06. The number of nitrogens with zero attached hydrogens (tertiary/aromatic N) is 8. The summed E-state index contributed by atoms with van der Waals surface area (Å²) in [4.78, 5) is 43.1. The van der Waals surface area contributed by atoms with Crippen molar-refractivity contribution >= 4 is 57.8 Å². The number of hydrogen-bond donors (Lipinski definition) is 5. The number of hydrogen-bond acceptors (Lipinski definition) is 11. The molecule has 2 aliphatic heterocycles. The van der Waals surface area contributed by atoms with Crippen molar-refractivity contribution in [3.63, 3.8) is 0 Å². The summed E-state index contributed by atoms with van der Waals surface area (Å²) in [6.07, 6.45) is 8.18. The molecular formula is C34H35N13O2. The van der Waals surface area contributed by atoms with Crippen LogP contribution in [0.5, 0.6) is 0 Å². The average molecular weight is 658 g/mol. The third-order valence-electron chi connectivity index (χ3n) is 9.19. The lowest BCUT2D eigenvalue weighted by Crippen LogP contribution is -2.26. The van der Waals surface area contributed by atoms with E-state index in [0.717, 1.165) is 40.2 Å². The second-order valence-electron chi connectivity index (χ2n) is 13.4. The molecule has 0 saturated heterocycles. The Labute approximate surface area is 281 Å². The second-order valence-corrected chi connectivity index (χ2v) is 13.4. The third-order valence-corrected chi connectivity index (χ3v) is 9.19. The van der Waals surface area contributed by atoms with Gasteiger partial charge in [-0.25, -0.2) is 24.0 Å². The molecule has 248 valence electrons. The van der Waals surface area contributed by atoms with Gasteiger partial charge in [0.1, 0.15) is 0 Å². The SMILES string of the molecule is CC1(C)C(=O)Nc2cc(Cc3nc4c(NCCCNc5nccn6nc(Nc7ccc8c(c7)NC(=O)C8(C)C)nc56)nccn4n3)ccc21. The number of anilines is 6. The van der Waals surface area contributed by atoms with Gasteiger partial charge in [0.25, 0.3) is 0 Å². The summed E-state index contributed by atoms with van der Waals surface area (Å²) in [5, 5.41) is 25.1. The molecule has 2 aliphatic rings. The molecule has 6 heterocycles. The summed E-state index contributed by atoms with van der Waals surface area (Å²) in [7, 11) is 0. The van der Waals surface area contributed by atoms with E-state index in [9.17, 15) is 9.59 Å². The molecule has 2 aromatic carbocycles. The van der Waals surface area contributed by atoms with Gasteiger partial charge in [0, 0.05) is 61.4 Å². The third kappa shape index (κ3) is 5.32. The normalized spacial score (nSPS) is 15.6. The van der Waals surface area contributed by atoms with Gasteiger partial charge in [-0.05, 0) is 69.0 Å². The van der Waals surface area contributed by atoms with E-state index >= 15 is 0 Å². The van der Waals surface area contributed by atoms with Gasteiger partial charge in [-0.2, -0.15) is 10.1 Å². The van der Waals surface area contributed by atoms with Crippen molar-refractivity contribution in [2.45, 2.75) is 51.4 Å². The van der Waals surface area contributed by atoms with E-state index in [-0.39, 0.29) is 11.8 Å². The molecule has 0 spiro atoms. The minimum absolute atomic E-state index is 0.00509. The van der Waals surface area contributed by atoms with Crippen molar-refractivity contribution in [2.24, 2.45) is 0 Å². The van der Waals surface area contributed by atoms with Gasteiger partial charge in [0.2, 0.25) is 17.8 Å². The van der Waals surface area contributed by atoms with Gasteiger partial charge in [-0.15, -0.1) is 5.10 Å². The summed E-state index contributed by atoms with van der Waals surface area (Å²) in [6, 6.07) is 11.8. The molecule has 0 bridgehead atoms. The summed E-state index contributed by atoms with van der Waals surface area (Å²) in [6.45, 7) is 8.94. The van der Waals surface area contributed by atoms with Gasteiger partial charge in [-0.1, -0.05) is 18.2 Å². The maximum atomic E-state index is 12.4. The van der Waals surface area contributed by atoms with Crippen LogP contribution >= 0.6 is 0 Å². The van der Waals surface area contributed by atoms with Crippen LogP contribution in [0.25, 0.3) is 11.3 Å². The van der Waals surface area contributed by atoms with E-state index in [2.05, 4.69) is 51.7 Å². The lowest BCUT2D eigenvalue weighted by Gasteiger charge is -2.14. The maximum Gasteiger partial charge on any atom is 0.247 e. The number of amides is 2. The van der Waals surface area contributed by atoms with Gasteiger partial charge in [0.05, 0.1) is 10.8 Å². The largest absolute Gasteiger partial charge is 0.367 e. The standard InChI is InChI=1S/C34H35N13O2/c1-33(2)21-8-6-19(16-23(21)40-30(33)48)17-25-42-28-26(37-12-14-46(28)44-25)35-10-5-11-36-27-29-43-32(45-47(29)15-13-38-27)39-20-7-9-22-24(18-20)41-31(49)34(22,3)4/h6-9,12-16,18H,5,10-11,17H2,1-4H3,(H,35,37)(H,36,38)(H,39,45)(H,40,48)(H,41,49). The number of nitrogens with one attached hydrogen (secondary N) is 5. The predicted molar refractivity (Wildman–Crippen MR) is 185 cm³/mol. The van der Waals surface area contributed by atoms with Crippen LogP contribution in [0, 0.1) is 0 Å². The summed E-state index contributed by atoms with van der Waals surface area (Å²) >= 11 is 0. The lowest BCUT2D eigenvalue weighted by atomic mass is 9.86. The molecule has 0 atom stereocenters. The molecule has 8 rings (SSSR count). The van der Waals surface area contributed by atoms with Crippen molar-refractivity contribution < 1.29 is 9.59 Å². The van der Waals surface area contributed by atoms with Crippen LogP contribution in [0.3, 0.4) is 0 Å². The number of carbonyl (C=O) groups excluding carboxylic acids is 2. The molecule has 0 fully saturated rings. The van der Waals surface area contributed by atoms with E-state index in [1.54, 1.807) is 33.8 Å². The number of benzene rings is 2. The van der Waals surface area contributed by atoms with E-state index in [1.165, 1.54) is 0 Å². The van der Waals surface area contributed by atoms with Crippen molar-refractivity contribution in [1.29, 1.82) is 0 Å². The first kappa shape index (κ1) is 30.2. The molecule has 15 heteroatoms. The van der Waals surface area contributed by atoms with E-state index < -0.39 is 10.8 Å². The van der Waals surface area contributed by atoms with Crippen molar-refractivity contribution in [3.05, 3.63) is 83.7 Å². The monoisotopic (exact) mass is 657 g/mol. The molecule has 0 radical (unpaired) electrons. The molecule has 4 aromatic heterocycles.